The van der Waals surface area contributed by atoms with E-state index in [9.17, 15) is 13.2 Å². The van der Waals surface area contributed by atoms with Gasteiger partial charge in [-0.25, -0.2) is 9.50 Å². The van der Waals surface area contributed by atoms with Crippen LogP contribution < -0.4 is 4.74 Å². The van der Waals surface area contributed by atoms with Gasteiger partial charge in [0.2, 0.25) is 0 Å². The van der Waals surface area contributed by atoms with E-state index >= 15 is 0 Å². The van der Waals surface area contributed by atoms with Gasteiger partial charge in [-0.1, -0.05) is 18.2 Å². The predicted octanol–water partition coefficient (Wildman–Crippen LogP) is 3.35. The number of hydrogen-bond donors (Lipinski definition) is 0. The first kappa shape index (κ1) is 14.4. The molecule has 0 saturated carbocycles. The van der Waals surface area contributed by atoms with Crippen LogP contribution in [0.2, 0.25) is 0 Å². The van der Waals surface area contributed by atoms with E-state index in [1.807, 2.05) is 0 Å². The van der Waals surface area contributed by atoms with E-state index in [4.69, 9.17) is 4.74 Å². The van der Waals surface area contributed by atoms with Gasteiger partial charge in [0.15, 0.2) is 11.5 Å². The standard InChI is InChI=1S/C15H12F3N3O/c1-22-12-5-6-14-19-13(20-21(14)9-12)8-10-3-2-4-11(7-10)15(16,17)18/h2-7,9H,8H2,1H3. The smallest absolute Gasteiger partial charge is 0.416 e. The molecule has 0 saturated heterocycles. The maximum atomic E-state index is 12.7. The summed E-state index contributed by atoms with van der Waals surface area (Å²) in [6, 6.07) is 8.66. The number of alkyl halides is 3. The van der Waals surface area contributed by atoms with Crippen LogP contribution in [0.1, 0.15) is 17.0 Å². The Labute approximate surface area is 124 Å². The number of hydrogen-bond acceptors (Lipinski definition) is 3. The first-order chi connectivity index (χ1) is 10.5. The number of pyridine rings is 1. The normalized spacial score (nSPS) is 11.8. The van der Waals surface area contributed by atoms with Gasteiger partial charge >= 0.3 is 6.18 Å². The zero-order chi connectivity index (χ0) is 15.7. The highest BCUT2D eigenvalue weighted by Gasteiger charge is 2.30. The highest BCUT2D eigenvalue weighted by molar-refractivity contribution is 5.41. The van der Waals surface area contributed by atoms with Crippen molar-refractivity contribution in [3.05, 3.63) is 59.5 Å². The lowest BCUT2D eigenvalue weighted by Crippen LogP contribution is -2.05. The zero-order valence-electron chi connectivity index (χ0n) is 11.6. The van der Waals surface area contributed by atoms with Gasteiger partial charge < -0.3 is 4.74 Å². The minimum Gasteiger partial charge on any atom is -0.495 e. The fraction of sp³-hybridized carbons (Fsp3) is 0.200. The number of benzene rings is 1. The third kappa shape index (κ3) is 2.88. The summed E-state index contributed by atoms with van der Waals surface area (Å²) in [6.07, 6.45) is -2.46. The molecular formula is C15H12F3N3O. The molecule has 0 unspecified atom stereocenters. The Balaban J connectivity index is 1.90. The molecule has 4 nitrogen and oxygen atoms in total. The Hall–Kier alpha value is -2.57. The maximum absolute atomic E-state index is 12.7. The van der Waals surface area contributed by atoms with Crippen LogP contribution >= 0.6 is 0 Å². The van der Waals surface area contributed by atoms with Crippen molar-refractivity contribution < 1.29 is 17.9 Å². The molecular weight excluding hydrogens is 295 g/mol. The van der Waals surface area contributed by atoms with Crippen molar-refractivity contribution in [1.29, 1.82) is 0 Å². The lowest BCUT2D eigenvalue weighted by Gasteiger charge is -2.07. The van der Waals surface area contributed by atoms with Crippen molar-refractivity contribution in [2.75, 3.05) is 7.11 Å². The average molecular weight is 307 g/mol. The van der Waals surface area contributed by atoms with E-state index in [0.29, 0.717) is 22.8 Å². The fourth-order valence-corrected chi connectivity index (χ4v) is 2.15. The van der Waals surface area contributed by atoms with Crippen LogP contribution in [0.5, 0.6) is 5.75 Å². The van der Waals surface area contributed by atoms with Crippen LogP contribution in [-0.4, -0.2) is 21.7 Å². The summed E-state index contributed by atoms with van der Waals surface area (Å²) in [7, 11) is 1.54. The molecule has 0 amide bonds. The molecule has 0 aliphatic heterocycles. The van der Waals surface area contributed by atoms with Crippen molar-refractivity contribution in [2.24, 2.45) is 0 Å². The summed E-state index contributed by atoms with van der Waals surface area (Å²) in [5, 5.41) is 4.25. The number of methoxy groups -OCH3 is 1. The van der Waals surface area contributed by atoms with E-state index < -0.39 is 11.7 Å². The second-order valence-corrected chi connectivity index (χ2v) is 4.77. The Morgan fingerprint density at radius 1 is 1.18 bits per heavy atom. The van der Waals surface area contributed by atoms with E-state index in [1.54, 1.807) is 36.0 Å². The second-order valence-electron chi connectivity index (χ2n) is 4.77. The van der Waals surface area contributed by atoms with E-state index in [2.05, 4.69) is 10.1 Å². The highest BCUT2D eigenvalue weighted by Crippen LogP contribution is 2.29. The fourth-order valence-electron chi connectivity index (χ4n) is 2.15. The zero-order valence-corrected chi connectivity index (χ0v) is 11.6. The number of ether oxygens (including phenoxy) is 1. The van der Waals surface area contributed by atoms with Crippen LogP contribution in [0.3, 0.4) is 0 Å². The van der Waals surface area contributed by atoms with Crippen molar-refractivity contribution in [3.63, 3.8) is 0 Å². The Kier molecular flexibility index (Phi) is 3.48. The number of aromatic nitrogens is 3. The van der Waals surface area contributed by atoms with Crippen LogP contribution in [0.25, 0.3) is 5.65 Å². The van der Waals surface area contributed by atoms with Gasteiger partial charge in [0, 0.05) is 6.42 Å². The van der Waals surface area contributed by atoms with Crippen molar-refractivity contribution in [3.8, 4) is 5.75 Å². The molecule has 2 aromatic heterocycles. The lowest BCUT2D eigenvalue weighted by molar-refractivity contribution is -0.137. The number of rotatable bonds is 3. The topological polar surface area (TPSA) is 39.4 Å². The number of nitrogens with zero attached hydrogens (tertiary/aromatic N) is 3. The molecule has 3 aromatic rings. The molecule has 0 radical (unpaired) electrons. The molecule has 2 heterocycles. The molecule has 0 spiro atoms. The van der Waals surface area contributed by atoms with Gasteiger partial charge in [-0.05, 0) is 23.8 Å². The lowest BCUT2D eigenvalue weighted by atomic mass is 10.1. The Morgan fingerprint density at radius 2 is 2.00 bits per heavy atom. The quantitative estimate of drug-likeness (QED) is 0.745. The summed E-state index contributed by atoms with van der Waals surface area (Å²) in [6.45, 7) is 0. The molecule has 114 valence electrons. The largest absolute Gasteiger partial charge is 0.495 e. The Morgan fingerprint density at radius 3 is 2.73 bits per heavy atom. The summed E-state index contributed by atoms with van der Waals surface area (Å²) in [4.78, 5) is 4.29. The first-order valence-corrected chi connectivity index (χ1v) is 6.51. The molecule has 0 aliphatic carbocycles. The minimum absolute atomic E-state index is 0.230. The molecule has 0 aliphatic rings. The van der Waals surface area contributed by atoms with E-state index in [1.165, 1.54) is 6.07 Å². The summed E-state index contributed by atoms with van der Waals surface area (Å²) >= 11 is 0. The van der Waals surface area contributed by atoms with Crippen molar-refractivity contribution >= 4 is 5.65 Å². The SMILES string of the molecule is COc1ccc2nc(Cc3cccc(C(F)(F)F)c3)nn2c1. The molecule has 0 atom stereocenters. The number of fused-ring (bicyclic) bond motifs is 1. The van der Waals surface area contributed by atoms with Crippen LogP contribution in [0.4, 0.5) is 13.2 Å². The first-order valence-electron chi connectivity index (χ1n) is 6.51. The van der Waals surface area contributed by atoms with Gasteiger partial charge in [0.25, 0.3) is 0 Å². The van der Waals surface area contributed by atoms with Crippen molar-refractivity contribution in [1.82, 2.24) is 14.6 Å². The van der Waals surface area contributed by atoms with Gasteiger partial charge in [-0.3, -0.25) is 0 Å². The third-order valence-corrected chi connectivity index (χ3v) is 3.20. The molecule has 7 heteroatoms. The van der Waals surface area contributed by atoms with Crippen LogP contribution in [0.15, 0.2) is 42.6 Å². The average Bonchev–Trinajstić information content (AvgIpc) is 2.87. The molecule has 0 fully saturated rings. The van der Waals surface area contributed by atoms with Crippen molar-refractivity contribution in [2.45, 2.75) is 12.6 Å². The summed E-state index contributed by atoms with van der Waals surface area (Å²) < 4.78 is 44.8. The number of halogens is 3. The highest BCUT2D eigenvalue weighted by atomic mass is 19.4. The van der Waals surface area contributed by atoms with E-state index in [0.717, 1.165) is 12.1 Å². The van der Waals surface area contributed by atoms with Gasteiger partial charge in [0.05, 0.1) is 18.9 Å². The molecule has 0 bridgehead atoms. The maximum Gasteiger partial charge on any atom is 0.416 e. The molecule has 22 heavy (non-hydrogen) atoms. The molecule has 1 aromatic carbocycles. The summed E-state index contributed by atoms with van der Waals surface area (Å²) in [5.74, 6) is 1.08. The van der Waals surface area contributed by atoms with Gasteiger partial charge in [-0.2, -0.15) is 18.3 Å². The van der Waals surface area contributed by atoms with Gasteiger partial charge in [-0.15, -0.1) is 0 Å². The minimum atomic E-state index is -4.35. The summed E-state index contributed by atoms with van der Waals surface area (Å²) in [5.41, 5.74) is 0.455. The monoisotopic (exact) mass is 307 g/mol. The van der Waals surface area contributed by atoms with Crippen LogP contribution in [0, 0.1) is 0 Å². The van der Waals surface area contributed by atoms with Gasteiger partial charge in [0.1, 0.15) is 5.75 Å². The Bertz CT molecular complexity index is 811. The van der Waals surface area contributed by atoms with Crippen LogP contribution in [-0.2, 0) is 12.6 Å². The second kappa shape index (κ2) is 5.32. The predicted molar refractivity (Wildman–Crippen MR) is 73.8 cm³/mol. The molecule has 0 N–H and O–H groups in total. The third-order valence-electron chi connectivity index (χ3n) is 3.20. The van der Waals surface area contributed by atoms with E-state index in [-0.39, 0.29) is 6.42 Å². The molecule has 3 rings (SSSR count).